The van der Waals surface area contributed by atoms with Gasteiger partial charge in [-0.15, -0.1) is 10.2 Å². The smallest absolute Gasteiger partial charge is 0.223 e. The Labute approximate surface area is 201 Å². The van der Waals surface area contributed by atoms with Crippen LogP contribution in [0.15, 0.2) is 24.3 Å². The molecule has 8 heteroatoms. The Bertz CT molecular complexity index is 971. The number of halogens is 1. The van der Waals surface area contributed by atoms with Gasteiger partial charge in [-0.05, 0) is 76.5 Å². The lowest BCUT2D eigenvalue weighted by molar-refractivity contribution is -0.128. The number of nitrogens with zero attached hydrogens (tertiary/aromatic N) is 4. The third-order valence-corrected chi connectivity index (χ3v) is 8.10. The Morgan fingerprint density at radius 3 is 2.41 bits per heavy atom. The van der Waals surface area contributed by atoms with Crippen LogP contribution in [0, 0.1) is 25.6 Å². The van der Waals surface area contributed by atoms with Gasteiger partial charge in [0, 0.05) is 43.8 Å². The predicted molar refractivity (Wildman–Crippen MR) is 127 cm³/mol. The van der Waals surface area contributed by atoms with Crippen LogP contribution >= 0.6 is 0 Å². The Balaban J connectivity index is 1.26. The SMILES string of the molecule is Cc1nnc(C)n1C1C[C@H]2CC[C@@H](C1)N2CC[C@H](NC(=O)C1CCOCC1)c1cccc(F)c1. The normalized spacial score (nSPS) is 26.5. The van der Waals surface area contributed by atoms with Crippen LogP contribution in [0.3, 0.4) is 0 Å². The summed E-state index contributed by atoms with van der Waals surface area (Å²) >= 11 is 0. The van der Waals surface area contributed by atoms with Crippen LogP contribution in [0.5, 0.6) is 0 Å². The quantitative estimate of drug-likeness (QED) is 0.666. The number of carbonyl (C=O) groups excluding carboxylic acids is 1. The lowest BCUT2D eigenvalue weighted by Gasteiger charge is -2.40. The zero-order valence-corrected chi connectivity index (χ0v) is 20.3. The second-order valence-electron chi connectivity index (χ2n) is 10.2. The average Bonchev–Trinajstić information content (AvgIpc) is 3.29. The van der Waals surface area contributed by atoms with Crippen molar-refractivity contribution in [1.29, 1.82) is 0 Å². The fourth-order valence-electron chi connectivity index (χ4n) is 6.40. The highest BCUT2D eigenvalue weighted by Gasteiger charge is 2.42. The Kier molecular flexibility index (Phi) is 6.97. The number of amides is 1. The van der Waals surface area contributed by atoms with E-state index in [1.165, 1.54) is 18.9 Å². The van der Waals surface area contributed by atoms with Crippen LogP contribution in [0.2, 0.25) is 0 Å². The summed E-state index contributed by atoms with van der Waals surface area (Å²) in [6, 6.07) is 8.01. The minimum absolute atomic E-state index is 0.0213. The zero-order chi connectivity index (χ0) is 23.7. The zero-order valence-electron chi connectivity index (χ0n) is 20.3. The summed E-state index contributed by atoms with van der Waals surface area (Å²) in [7, 11) is 0. The number of aryl methyl sites for hydroxylation is 2. The molecule has 3 aliphatic rings. The number of aromatic nitrogens is 3. The van der Waals surface area contributed by atoms with Gasteiger partial charge < -0.3 is 14.6 Å². The molecule has 1 aromatic heterocycles. The second kappa shape index (κ2) is 10.1. The van der Waals surface area contributed by atoms with E-state index in [1.807, 2.05) is 19.9 Å². The number of hydrogen-bond acceptors (Lipinski definition) is 5. The van der Waals surface area contributed by atoms with Crippen molar-refractivity contribution >= 4 is 5.91 Å². The first-order valence-corrected chi connectivity index (χ1v) is 12.8. The van der Waals surface area contributed by atoms with Crippen LogP contribution in [-0.2, 0) is 9.53 Å². The summed E-state index contributed by atoms with van der Waals surface area (Å²) in [5.41, 5.74) is 0.846. The minimum Gasteiger partial charge on any atom is -0.381 e. The third kappa shape index (κ3) is 4.89. The molecule has 0 saturated carbocycles. The molecular formula is C26H36FN5O2. The van der Waals surface area contributed by atoms with Gasteiger partial charge in [-0.2, -0.15) is 0 Å². The molecule has 0 aliphatic carbocycles. The molecule has 2 aromatic rings. The number of benzene rings is 1. The third-order valence-electron chi connectivity index (χ3n) is 8.10. The molecule has 3 aliphatic heterocycles. The van der Waals surface area contributed by atoms with Crippen molar-refractivity contribution in [2.45, 2.75) is 83.0 Å². The summed E-state index contributed by atoms with van der Waals surface area (Å²) in [6.45, 7) is 6.24. The minimum atomic E-state index is -0.261. The summed E-state index contributed by atoms with van der Waals surface area (Å²) in [5, 5.41) is 11.8. The molecule has 1 amide bonds. The van der Waals surface area contributed by atoms with Gasteiger partial charge >= 0.3 is 0 Å². The molecule has 184 valence electrons. The van der Waals surface area contributed by atoms with E-state index < -0.39 is 0 Å². The van der Waals surface area contributed by atoms with Gasteiger partial charge in [-0.1, -0.05) is 12.1 Å². The van der Waals surface area contributed by atoms with Crippen LogP contribution < -0.4 is 5.32 Å². The molecule has 3 fully saturated rings. The predicted octanol–water partition coefficient (Wildman–Crippen LogP) is 3.88. The number of hydrogen-bond donors (Lipinski definition) is 1. The molecule has 1 aromatic carbocycles. The first kappa shape index (κ1) is 23.4. The van der Waals surface area contributed by atoms with E-state index in [0.29, 0.717) is 31.3 Å². The van der Waals surface area contributed by atoms with Crippen molar-refractivity contribution < 1.29 is 13.9 Å². The number of ether oxygens (including phenoxy) is 1. The van der Waals surface area contributed by atoms with E-state index in [0.717, 1.165) is 55.9 Å². The first-order valence-electron chi connectivity index (χ1n) is 12.8. The molecule has 5 rings (SSSR count). The van der Waals surface area contributed by atoms with Crippen molar-refractivity contribution in [2.75, 3.05) is 19.8 Å². The van der Waals surface area contributed by atoms with Gasteiger partial charge in [0.15, 0.2) is 0 Å². The van der Waals surface area contributed by atoms with E-state index in [9.17, 15) is 9.18 Å². The van der Waals surface area contributed by atoms with Gasteiger partial charge in [0.25, 0.3) is 0 Å². The largest absolute Gasteiger partial charge is 0.381 e. The van der Waals surface area contributed by atoms with E-state index >= 15 is 0 Å². The molecular weight excluding hydrogens is 433 g/mol. The van der Waals surface area contributed by atoms with Gasteiger partial charge in [-0.25, -0.2) is 4.39 Å². The molecule has 4 heterocycles. The summed E-state index contributed by atoms with van der Waals surface area (Å²) in [6.07, 6.45) is 6.91. The van der Waals surface area contributed by atoms with E-state index in [4.69, 9.17) is 4.74 Å². The topological polar surface area (TPSA) is 72.3 Å². The van der Waals surface area contributed by atoms with E-state index in [-0.39, 0.29) is 23.7 Å². The summed E-state index contributed by atoms with van der Waals surface area (Å²) < 4.78 is 21.8. The fourth-order valence-corrected chi connectivity index (χ4v) is 6.40. The maximum atomic E-state index is 14.0. The molecule has 0 radical (unpaired) electrons. The number of rotatable bonds is 7. The van der Waals surface area contributed by atoms with E-state index in [1.54, 1.807) is 12.1 Å². The lowest BCUT2D eigenvalue weighted by atomic mass is 9.94. The first-order chi connectivity index (χ1) is 16.5. The highest BCUT2D eigenvalue weighted by molar-refractivity contribution is 5.79. The highest BCUT2D eigenvalue weighted by Crippen LogP contribution is 2.42. The summed E-state index contributed by atoms with van der Waals surface area (Å²) in [5.74, 6) is 1.78. The summed E-state index contributed by atoms with van der Waals surface area (Å²) in [4.78, 5) is 15.6. The number of piperidine rings is 1. The fraction of sp³-hybridized carbons (Fsp3) is 0.654. The Hall–Kier alpha value is -2.32. The van der Waals surface area contributed by atoms with Crippen LogP contribution in [0.1, 0.15) is 74.2 Å². The molecule has 2 bridgehead atoms. The molecule has 1 N–H and O–H groups in total. The lowest BCUT2D eigenvalue weighted by Crippen LogP contribution is -2.45. The van der Waals surface area contributed by atoms with Gasteiger partial charge in [0.2, 0.25) is 5.91 Å². The molecule has 4 atom stereocenters. The van der Waals surface area contributed by atoms with Gasteiger partial charge in [0.05, 0.1) is 6.04 Å². The average molecular weight is 470 g/mol. The van der Waals surface area contributed by atoms with Gasteiger partial charge in [-0.3, -0.25) is 9.69 Å². The number of nitrogens with one attached hydrogen (secondary N) is 1. The van der Waals surface area contributed by atoms with Crippen molar-refractivity contribution in [1.82, 2.24) is 25.0 Å². The maximum Gasteiger partial charge on any atom is 0.223 e. The van der Waals surface area contributed by atoms with Crippen LogP contribution in [0.25, 0.3) is 0 Å². The highest BCUT2D eigenvalue weighted by atomic mass is 19.1. The molecule has 0 spiro atoms. The van der Waals surface area contributed by atoms with Crippen molar-refractivity contribution in [3.63, 3.8) is 0 Å². The molecule has 1 unspecified atom stereocenters. The molecule has 7 nitrogen and oxygen atoms in total. The second-order valence-corrected chi connectivity index (χ2v) is 10.2. The van der Waals surface area contributed by atoms with Crippen molar-refractivity contribution in [3.05, 3.63) is 47.3 Å². The van der Waals surface area contributed by atoms with Crippen LogP contribution in [-0.4, -0.2) is 57.4 Å². The Morgan fingerprint density at radius 2 is 1.76 bits per heavy atom. The Morgan fingerprint density at radius 1 is 1.09 bits per heavy atom. The molecule has 3 saturated heterocycles. The standard InChI is InChI=1S/C26H36FN5O2/c1-17-29-30-18(2)32(17)24-15-22-6-7-23(16-24)31(22)11-8-25(20-4-3-5-21(27)14-20)28-26(33)19-9-12-34-13-10-19/h3-5,14,19,22-25H,6-13,15-16H2,1-2H3,(H,28,33)/t22-,23+,24?,25-/m0/s1. The van der Waals surface area contributed by atoms with Crippen molar-refractivity contribution in [2.24, 2.45) is 5.92 Å². The monoisotopic (exact) mass is 469 g/mol. The van der Waals surface area contributed by atoms with Gasteiger partial charge in [0.1, 0.15) is 17.5 Å². The number of carbonyl (C=O) groups is 1. The maximum absolute atomic E-state index is 14.0. The molecule has 34 heavy (non-hydrogen) atoms. The van der Waals surface area contributed by atoms with E-state index in [2.05, 4.69) is 25.0 Å². The van der Waals surface area contributed by atoms with Crippen molar-refractivity contribution in [3.8, 4) is 0 Å². The van der Waals surface area contributed by atoms with Crippen LogP contribution in [0.4, 0.5) is 4.39 Å². The number of fused-ring (bicyclic) bond motifs is 2.